The Morgan fingerprint density at radius 1 is 1.00 bits per heavy atom. The fourth-order valence-corrected chi connectivity index (χ4v) is 2.98. The van der Waals surface area contributed by atoms with Crippen molar-refractivity contribution < 1.29 is 18.0 Å². The van der Waals surface area contributed by atoms with Crippen LogP contribution in [0.4, 0.5) is 18.9 Å². The molecule has 0 aliphatic heterocycles. The highest BCUT2D eigenvalue weighted by atomic mass is 19.4. The number of pyridine rings is 1. The smallest absolute Gasteiger partial charge is 0.322 e. The average molecular weight is 414 g/mol. The summed E-state index contributed by atoms with van der Waals surface area (Å²) in [7, 11) is 0. The van der Waals surface area contributed by atoms with Gasteiger partial charge in [-0.2, -0.15) is 13.2 Å². The molecule has 2 aromatic carbocycles. The van der Waals surface area contributed by atoms with E-state index in [4.69, 9.17) is 0 Å². The van der Waals surface area contributed by atoms with Gasteiger partial charge in [0, 0.05) is 11.9 Å². The van der Waals surface area contributed by atoms with E-state index in [1.165, 1.54) is 29.0 Å². The number of nitrogens with zero attached hydrogens (tertiary/aromatic N) is 1. The molecule has 0 fully saturated rings. The van der Waals surface area contributed by atoms with Crippen LogP contribution in [0.1, 0.15) is 46.8 Å². The van der Waals surface area contributed by atoms with Crippen LogP contribution in [0.2, 0.25) is 0 Å². The maximum absolute atomic E-state index is 12.7. The number of carbonyl (C=O) groups excluding carboxylic acids is 1. The molecule has 1 aromatic heterocycles. The van der Waals surface area contributed by atoms with Gasteiger partial charge in [-0.3, -0.25) is 9.59 Å². The first-order valence-corrected chi connectivity index (χ1v) is 9.42. The second-order valence-electron chi connectivity index (χ2n) is 7.28. The second kappa shape index (κ2) is 8.57. The van der Waals surface area contributed by atoms with Crippen LogP contribution >= 0.6 is 0 Å². The van der Waals surface area contributed by atoms with Crippen LogP contribution in [0.5, 0.6) is 0 Å². The predicted octanol–water partition coefficient (Wildman–Crippen LogP) is 5.29. The third-order valence-electron chi connectivity index (χ3n) is 4.73. The maximum Gasteiger partial charge on any atom is 0.416 e. The van der Waals surface area contributed by atoms with E-state index < -0.39 is 23.2 Å². The lowest BCUT2D eigenvalue weighted by atomic mass is 10.0. The summed E-state index contributed by atoms with van der Waals surface area (Å²) in [6.07, 6.45) is -2.92. The van der Waals surface area contributed by atoms with Crippen LogP contribution in [0.25, 0.3) is 0 Å². The molecule has 7 heteroatoms. The molecule has 0 saturated heterocycles. The number of rotatable bonds is 5. The van der Waals surface area contributed by atoms with E-state index in [9.17, 15) is 22.8 Å². The van der Waals surface area contributed by atoms with Crippen molar-refractivity contribution in [1.29, 1.82) is 0 Å². The topological polar surface area (TPSA) is 51.1 Å². The number of nitrogens with one attached hydrogen (secondary N) is 1. The molecular weight excluding hydrogens is 393 g/mol. The molecule has 1 heterocycles. The number of aromatic nitrogens is 1. The van der Waals surface area contributed by atoms with Gasteiger partial charge in [0.05, 0.1) is 12.1 Å². The Bertz CT molecular complexity index is 1080. The molecule has 0 aliphatic rings. The summed E-state index contributed by atoms with van der Waals surface area (Å²) < 4.78 is 39.4. The number of hydrogen-bond acceptors (Lipinski definition) is 2. The van der Waals surface area contributed by atoms with Crippen LogP contribution in [-0.4, -0.2) is 10.5 Å². The van der Waals surface area contributed by atoms with Crippen LogP contribution in [0.3, 0.4) is 0 Å². The molecule has 0 saturated carbocycles. The number of hydrogen-bond donors (Lipinski definition) is 1. The second-order valence-corrected chi connectivity index (χ2v) is 7.28. The van der Waals surface area contributed by atoms with Crippen molar-refractivity contribution in [3.63, 3.8) is 0 Å². The van der Waals surface area contributed by atoms with E-state index in [0.29, 0.717) is 17.2 Å². The molecule has 156 valence electrons. The number of halogens is 3. The molecule has 4 nitrogen and oxygen atoms in total. The van der Waals surface area contributed by atoms with E-state index >= 15 is 0 Å². The van der Waals surface area contributed by atoms with Crippen molar-refractivity contribution >= 4 is 11.6 Å². The van der Waals surface area contributed by atoms with E-state index in [0.717, 1.165) is 17.7 Å². The van der Waals surface area contributed by atoms with Crippen molar-refractivity contribution in [2.75, 3.05) is 5.32 Å². The standard InChI is InChI=1S/C23H21F3N2O2/c1-15(2)17-7-11-19(12-8-17)27-21(29)20-4-3-13-28(22(20)30)14-16-5-9-18(10-6-16)23(24,25)26/h3-13,15H,14H2,1-2H3,(H,27,29). The minimum absolute atomic E-state index is 0.0441. The monoisotopic (exact) mass is 414 g/mol. The normalized spacial score (nSPS) is 11.5. The van der Waals surface area contributed by atoms with Crippen molar-refractivity contribution in [2.24, 2.45) is 0 Å². The molecule has 0 radical (unpaired) electrons. The van der Waals surface area contributed by atoms with Crippen molar-refractivity contribution in [3.05, 3.63) is 99.5 Å². The van der Waals surface area contributed by atoms with Gasteiger partial charge < -0.3 is 9.88 Å². The van der Waals surface area contributed by atoms with Gasteiger partial charge in [0.2, 0.25) is 0 Å². The molecule has 3 rings (SSSR count). The molecule has 3 aromatic rings. The number of anilines is 1. The molecular formula is C23H21F3N2O2. The van der Waals surface area contributed by atoms with Crippen LogP contribution in [-0.2, 0) is 12.7 Å². The Morgan fingerprint density at radius 3 is 2.20 bits per heavy atom. The summed E-state index contributed by atoms with van der Waals surface area (Å²) in [6.45, 7) is 4.19. The Labute approximate surface area is 172 Å². The highest BCUT2D eigenvalue weighted by molar-refractivity contribution is 6.03. The zero-order valence-corrected chi connectivity index (χ0v) is 16.5. The van der Waals surface area contributed by atoms with Crippen molar-refractivity contribution in [2.45, 2.75) is 32.5 Å². The zero-order chi connectivity index (χ0) is 21.9. The zero-order valence-electron chi connectivity index (χ0n) is 16.5. The van der Waals surface area contributed by atoms with Gasteiger partial charge in [0.1, 0.15) is 5.56 Å². The Balaban J connectivity index is 1.77. The summed E-state index contributed by atoms with van der Waals surface area (Å²) in [4.78, 5) is 25.3. The van der Waals surface area contributed by atoms with Gasteiger partial charge in [-0.25, -0.2) is 0 Å². The number of benzene rings is 2. The molecule has 0 aliphatic carbocycles. The predicted molar refractivity (Wildman–Crippen MR) is 110 cm³/mol. The number of carbonyl (C=O) groups is 1. The summed E-state index contributed by atoms with van der Waals surface area (Å²) in [5, 5.41) is 2.70. The Hall–Kier alpha value is -3.35. The molecule has 0 unspecified atom stereocenters. The Kier molecular flexibility index (Phi) is 6.10. The molecule has 30 heavy (non-hydrogen) atoms. The summed E-state index contributed by atoms with van der Waals surface area (Å²) >= 11 is 0. The summed E-state index contributed by atoms with van der Waals surface area (Å²) in [6, 6.07) is 14.9. The van der Waals surface area contributed by atoms with Gasteiger partial charge >= 0.3 is 6.18 Å². The third-order valence-corrected chi connectivity index (χ3v) is 4.73. The number of amides is 1. The van der Waals surface area contributed by atoms with Crippen molar-refractivity contribution in [1.82, 2.24) is 4.57 Å². The molecule has 0 bridgehead atoms. The van der Waals surface area contributed by atoms with Gasteiger partial charge in [-0.05, 0) is 53.4 Å². The fraction of sp³-hybridized carbons (Fsp3) is 0.217. The van der Waals surface area contributed by atoms with E-state index in [1.807, 2.05) is 12.1 Å². The summed E-state index contributed by atoms with van der Waals surface area (Å²) in [5.74, 6) is -0.180. The lowest BCUT2D eigenvalue weighted by Gasteiger charge is -2.11. The molecule has 0 atom stereocenters. The first-order valence-electron chi connectivity index (χ1n) is 9.42. The van der Waals surface area contributed by atoms with E-state index in [1.54, 1.807) is 18.2 Å². The fourth-order valence-electron chi connectivity index (χ4n) is 2.98. The highest BCUT2D eigenvalue weighted by Gasteiger charge is 2.29. The van der Waals surface area contributed by atoms with Gasteiger partial charge in [0.15, 0.2) is 0 Å². The van der Waals surface area contributed by atoms with Crippen LogP contribution < -0.4 is 10.9 Å². The summed E-state index contributed by atoms with van der Waals surface area (Å²) in [5.41, 5.74) is 0.904. The SMILES string of the molecule is CC(C)c1ccc(NC(=O)c2cccn(Cc3ccc(C(F)(F)F)cc3)c2=O)cc1. The van der Waals surface area contributed by atoms with Crippen molar-refractivity contribution in [3.8, 4) is 0 Å². The minimum Gasteiger partial charge on any atom is -0.322 e. The first-order chi connectivity index (χ1) is 14.1. The highest BCUT2D eigenvalue weighted by Crippen LogP contribution is 2.29. The van der Waals surface area contributed by atoms with Crippen LogP contribution in [0, 0.1) is 0 Å². The lowest BCUT2D eigenvalue weighted by molar-refractivity contribution is -0.137. The molecule has 1 amide bonds. The quantitative estimate of drug-likeness (QED) is 0.617. The Morgan fingerprint density at radius 2 is 1.63 bits per heavy atom. The lowest BCUT2D eigenvalue weighted by Crippen LogP contribution is -2.29. The average Bonchev–Trinajstić information content (AvgIpc) is 2.69. The van der Waals surface area contributed by atoms with Gasteiger partial charge in [-0.15, -0.1) is 0 Å². The van der Waals surface area contributed by atoms with E-state index in [-0.39, 0.29) is 12.1 Å². The largest absolute Gasteiger partial charge is 0.416 e. The maximum atomic E-state index is 12.7. The van der Waals surface area contributed by atoms with Gasteiger partial charge in [0.25, 0.3) is 11.5 Å². The molecule has 1 N–H and O–H groups in total. The van der Waals surface area contributed by atoms with Gasteiger partial charge in [-0.1, -0.05) is 38.1 Å². The van der Waals surface area contributed by atoms with E-state index in [2.05, 4.69) is 19.2 Å². The molecule has 0 spiro atoms. The third kappa shape index (κ3) is 4.97. The number of alkyl halides is 3. The minimum atomic E-state index is -4.42. The first kappa shape index (κ1) is 21.4. The van der Waals surface area contributed by atoms with Crippen LogP contribution in [0.15, 0.2) is 71.7 Å².